The lowest BCUT2D eigenvalue weighted by atomic mass is 10.00. The molecule has 0 spiro atoms. The highest BCUT2D eigenvalue weighted by Gasteiger charge is 2.07. The summed E-state index contributed by atoms with van der Waals surface area (Å²) in [7, 11) is 1.88. The fourth-order valence-electron chi connectivity index (χ4n) is 1.46. The number of likely N-dealkylation sites (N-methyl/N-ethyl adjacent to an activating group) is 1. The molecule has 0 amide bonds. The third kappa shape index (κ3) is 3.32. The molecule has 1 nitrogen and oxygen atoms in total. The van der Waals surface area contributed by atoms with Gasteiger partial charge in [-0.2, -0.15) is 0 Å². The van der Waals surface area contributed by atoms with Gasteiger partial charge in [0, 0.05) is 12.1 Å². The van der Waals surface area contributed by atoms with Crippen molar-refractivity contribution in [1.82, 2.24) is 5.32 Å². The van der Waals surface area contributed by atoms with Crippen molar-refractivity contribution < 1.29 is 4.39 Å². The fraction of sp³-hybridized carbons (Fsp3) is 0.385. The zero-order valence-corrected chi connectivity index (χ0v) is 10.6. The first kappa shape index (κ1) is 13.2. The van der Waals surface area contributed by atoms with Crippen LogP contribution in [0.5, 0.6) is 0 Å². The molecular weight excluding hydrogens is 225 g/mol. The smallest absolute Gasteiger partial charge is 0.148 e. The van der Waals surface area contributed by atoms with E-state index in [9.17, 15) is 4.39 Å². The average Bonchev–Trinajstić information content (AvgIpc) is 2.23. The number of nitrogens with one attached hydrogen (secondary N) is 1. The van der Waals surface area contributed by atoms with Crippen LogP contribution in [0.25, 0.3) is 6.08 Å². The maximum Gasteiger partial charge on any atom is 0.148 e. The second kappa shape index (κ2) is 6.02. The fourth-order valence-corrected chi connectivity index (χ4v) is 1.64. The van der Waals surface area contributed by atoms with Crippen molar-refractivity contribution in [2.45, 2.75) is 13.8 Å². The molecule has 1 rings (SSSR count). The highest BCUT2D eigenvalue weighted by Crippen LogP contribution is 2.21. The van der Waals surface area contributed by atoms with Gasteiger partial charge in [0.25, 0.3) is 0 Å². The Morgan fingerprint density at radius 1 is 1.50 bits per heavy atom. The van der Waals surface area contributed by atoms with Gasteiger partial charge in [0.15, 0.2) is 0 Å². The minimum absolute atomic E-state index is 0.168. The van der Waals surface area contributed by atoms with Crippen LogP contribution in [-0.4, -0.2) is 13.6 Å². The molecule has 0 unspecified atom stereocenters. The molecule has 1 aromatic carbocycles. The molecule has 0 saturated heterocycles. The lowest BCUT2D eigenvalue weighted by molar-refractivity contribution is 0.624. The van der Waals surface area contributed by atoms with Gasteiger partial charge in [0.2, 0.25) is 0 Å². The maximum atomic E-state index is 13.7. The van der Waals surface area contributed by atoms with Crippen LogP contribution in [-0.2, 0) is 0 Å². The molecule has 0 bridgehead atoms. The summed E-state index contributed by atoms with van der Waals surface area (Å²) >= 11 is 5.73. The third-order valence-corrected chi connectivity index (χ3v) is 2.74. The van der Waals surface area contributed by atoms with Crippen molar-refractivity contribution >= 4 is 17.7 Å². The molecule has 0 aromatic heterocycles. The summed E-state index contributed by atoms with van der Waals surface area (Å²) in [6.45, 7) is 4.93. The molecule has 0 aliphatic heterocycles. The molecule has 0 aliphatic rings. The van der Waals surface area contributed by atoms with Crippen molar-refractivity contribution in [3.63, 3.8) is 0 Å². The Bertz CT molecular complexity index is 386. The van der Waals surface area contributed by atoms with Gasteiger partial charge in [0.05, 0.1) is 5.02 Å². The SMILES string of the molecule is CNC/C(=C/c1cccc(Cl)c1F)C(C)C. The summed E-state index contributed by atoms with van der Waals surface area (Å²) in [6.07, 6.45) is 1.86. The minimum atomic E-state index is -0.349. The first-order valence-corrected chi connectivity index (χ1v) is 5.73. The number of benzene rings is 1. The van der Waals surface area contributed by atoms with Crippen LogP contribution in [0.1, 0.15) is 19.4 Å². The van der Waals surface area contributed by atoms with Crippen molar-refractivity contribution in [3.05, 3.63) is 40.2 Å². The van der Waals surface area contributed by atoms with Gasteiger partial charge in [-0.05, 0) is 19.0 Å². The van der Waals surface area contributed by atoms with E-state index >= 15 is 0 Å². The van der Waals surface area contributed by atoms with Crippen molar-refractivity contribution in [2.75, 3.05) is 13.6 Å². The highest BCUT2D eigenvalue weighted by molar-refractivity contribution is 6.30. The first-order valence-electron chi connectivity index (χ1n) is 5.35. The Morgan fingerprint density at radius 3 is 2.75 bits per heavy atom. The summed E-state index contributed by atoms with van der Waals surface area (Å²) in [5.74, 6) is 0.0317. The predicted molar refractivity (Wildman–Crippen MR) is 68.2 cm³/mol. The second-order valence-corrected chi connectivity index (χ2v) is 4.45. The Kier molecular flexibility index (Phi) is 4.97. The monoisotopic (exact) mass is 241 g/mol. The highest BCUT2D eigenvalue weighted by atomic mass is 35.5. The average molecular weight is 242 g/mol. The van der Waals surface area contributed by atoms with Crippen LogP contribution in [0.4, 0.5) is 4.39 Å². The summed E-state index contributed by atoms with van der Waals surface area (Å²) in [6, 6.07) is 5.05. The molecule has 0 aliphatic carbocycles. The molecule has 0 saturated carbocycles. The third-order valence-electron chi connectivity index (χ3n) is 2.44. The van der Waals surface area contributed by atoms with E-state index in [1.54, 1.807) is 18.2 Å². The van der Waals surface area contributed by atoms with Crippen LogP contribution in [0.3, 0.4) is 0 Å². The first-order chi connectivity index (χ1) is 7.56. The van der Waals surface area contributed by atoms with Crippen LogP contribution in [0, 0.1) is 11.7 Å². The lowest BCUT2D eigenvalue weighted by Crippen LogP contribution is -2.14. The van der Waals surface area contributed by atoms with E-state index in [1.807, 2.05) is 13.1 Å². The standard InChI is InChI=1S/C13H17ClFN/c1-9(2)11(8-16-3)7-10-5-4-6-12(14)13(10)15/h4-7,9,16H,8H2,1-3H3/b11-7-. The summed E-state index contributed by atoms with van der Waals surface area (Å²) in [4.78, 5) is 0. The Labute approximate surface area is 101 Å². The van der Waals surface area contributed by atoms with E-state index in [0.29, 0.717) is 11.5 Å². The van der Waals surface area contributed by atoms with E-state index in [0.717, 1.165) is 12.1 Å². The van der Waals surface area contributed by atoms with Gasteiger partial charge in [0.1, 0.15) is 5.82 Å². The summed E-state index contributed by atoms with van der Waals surface area (Å²) in [5.41, 5.74) is 1.70. The maximum absolute atomic E-state index is 13.7. The topological polar surface area (TPSA) is 12.0 Å². The minimum Gasteiger partial charge on any atom is -0.316 e. The van der Waals surface area contributed by atoms with Gasteiger partial charge < -0.3 is 5.32 Å². The molecule has 0 atom stereocenters. The normalized spacial score (nSPS) is 12.2. The number of halogens is 2. The van der Waals surface area contributed by atoms with Gasteiger partial charge in [-0.25, -0.2) is 4.39 Å². The summed E-state index contributed by atoms with van der Waals surface area (Å²) < 4.78 is 13.7. The van der Waals surface area contributed by atoms with E-state index in [4.69, 9.17) is 11.6 Å². The van der Waals surface area contributed by atoms with Gasteiger partial charge in [-0.15, -0.1) is 0 Å². The molecule has 0 radical (unpaired) electrons. The van der Waals surface area contributed by atoms with Gasteiger partial charge >= 0.3 is 0 Å². The molecule has 3 heteroatoms. The quantitative estimate of drug-likeness (QED) is 0.847. The van der Waals surface area contributed by atoms with E-state index in [1.165, 1.54) is 0 Å². The molecular formula is C13H17ClFN. The number of hydrogen-bond acceptors (Lipinski definition) is 1. The Morgan fingerprint density at radius 2 is 2.19 bits per heavy atom. The molecule has 1 N–H and O–H groups in total. The summed E-state index contributed by atoms with van der Waals surface area (Å²) in [5, 5.41) is 3.25. The molecule has 16 heavy (non-hydrogen) atoms. The van der Waals surface area contributed by atoms with E-state index in [2.05, 4.69) is 19.2 Å². The van der Waals surface area contributed by atoms with Gasteiger partial charge in [-0.3, -0.25) is 0 Å². The largest absolute Gasteiger partial charge is 0.316 e. The van der Waals surface area contributed by atoms with Gasteiger partial charge in [-0.1, -0.05) is 49.2 Å². The van der Waals surface area contributed by atoms with Crippen LogP contribution in [0.15, 0.2) is 23.8 Å². The Balaban J connectivity index is 3.07. The molecule has 0 fully saturated rings. The number of rotatable bonds is 4. The Hall–Kier alpha value is -0.860. The van der Waals surface area contributed by atoms with Crippen LogP contribution < -0.4 is 5.32 Å². The zero-order chi connectivity index (χ0) is 12.1. The molecule has 0 heterocycles. The van der Waals surface area contributed by atoms with E-state index < -0.39 is 0 Å². The van der Waals surface area contributed by atoms with E-state index in [-0.39, 0.29) is 10.8 Å². The van der Waals surface area contributed by atoms with Crippen molar-refractivity contribution in [2.24, 2.45) is 5.92 Å². The molecule has 1 aromatic rings. The van der Waals surface area contributed by atoms with Crippen LogP contribution in [0.2, 0.25) is 5.02 Å². The second-order valence-electron chi connectivity index (χ2n) is 4.05. The zero-order valence-electron chi connectivity index (χ0n) is 9.85. The molecule has 88 valence electrons. The predicted octanol–water partition coefficient (Wildman–Crippen LogP) is 3.74. The van der Waals surface area contributed by atoms with Crippen molar-refractivity contribution in [1.29, 1.82) is 0 Å². The van der Waals surface area contributed by atoms with Crippen molar-refractivity contribution in [3.8, 4) is 0 Å². The lowest BCUT2D eigenvalue weighted by Gasteiger charge is -2.11. The number of hydrogen-bond donors (Lipinski definition) is 1. The van der Waals surface area contributed by atoms with Crippen LogP contribution >= 0.6 is 11.6 Å².